The topological polar surface area (TPSA) is 41.6 Å². The minimum atomic E-state index is -0.386. The maximum atomic E-state index is 11.4. The molecule has 1 fully saturated rings. The van der Waals surface area contributed by atoms with Gasteiger partial charge in [-0.25, -0.2) is 0 Å². The van der Waals surface area contributed by atoms with Crippen LogP contribution < -0.4 is 5.32 Å². The lowest BCUT2D eigenvalue weighted by atomic mass is 10.2. The number of carbonyl (C=O) groups excluding carboxylic acids is 1. The first-order chi connectivity index (χ1) is 7.38. The van der Waals surface area contributed by atoms with Crippen LogP contribution in [0.3, 0.4) is 0 Å². The van der Waals surface area contributed by atoms with Gasteiger partial charge >= 0.3 is 5.97 Å². The van der Waals surface area contributed by atoms with Crippen LogP contribution >= 0.6 is 0 Å². The van der Waals surface area contributed by atoms with Gasteiger partial charge in [-0.2, -0.15) is 0 Å². The highest BCUT2D eigenvalue weighted by atomic mass is 16.6. The van der Waals surface area contributed by atoms with Crippen molar-refractivity contribution in [3.8, 4) is 0 Å². The molecule has 0 aliphatic carbocycles. The fraction of sp³-hybridized carbons (Fsp3) is 0.917. The van der Waals surface area contributed by atoms with Crippen LogP contribution in [0, 0.1) is 0 Å². The van der Waals surface area contributed by atoms with E-state index in [9.17, 15) is 4.79 Å². The van der Waals surface area contributed by atoms with Crippen LogP contribution in [0.5, 0.6) is 0 Å². The van der Waals surface area contributed by atoms with E-state index >= 15 is 0 Å². The molecule has 0 aromatic carbocycles. The number of rotatable bonds is 4. The Morgan fingerprint density at radius 3 is 2.69 bits per heavy atom. The van der Waals surface area contributed by atoms with Crippen LogP contribution in [-0.4, -0.2) is 49.2 Å². The molecule has 16 heavy (non-hydrogen) atoms. The van der Waals surface area contributed by atoms with Crippen LogP contribution in [0.1, 0.15) is 33.6 Å². The molecule has 1 aliphatic heterocycles. The Morgan fingerprint density at radius 2 is 2.19 bits per heavy atom. The van der Waals surface area contributed by atoms with Gasteiger partial charge in [-0.1, -0.05) is 0 Å². The number of carbonyl (C=O) groups is 1. The number of likely N-dealkylation sites (N-methyl/N-ethyl adjacent to an activating group) is 1. The van der Waals surface area contributed by atoms with Gasteiger partial charge in [-0.05, 0) is 47.2 Å². The summed E-state index contributed by atoms with van der Waals surface area (Å²) in [6.07, 6.45) is 2.48. The monoisotopic (exact) mass is 228 g/mol. The first-order valence-corrected chi connectivity index (χ1v) is 6.01. The van der Waals surface area contributed by atoms with Gasteiger partial charge in [-0.15, -0.1) is 0 Å². The van der Waals surface area contributed by atoms with Gasteiger partial charge < -0.3 is 15.0 Å². The highest BCUT2D eigenvalue weighted by molar-refractivity contribution is 5.72. The molecule has 94 valence electrons. The molecule has 4 heteroatoms. The molecule has 1 aliphatic rings. The number of esters is 1. The standard InChI is InChI=1S/C12H24N2O2/c1-12(2,3)16-11(15)9-13-8-10-6-5-7-14(10)4/h10,13H,5-9H2,1-4H3. The van der Waals surface area contributed by atoms with Crippen molar-refractivity contribution in [3.63, 3.8) is 0 Å². The van der Waals surface area contributed by atoms with E-state index in [-0.39, 0.29) is 11.6 Å². The van der Waals surface area contributed by atoms with Crippen molar-refractivity contribution in [2.45, 2.75) is 45.3 Å². The van der Waals surface area contributed by atoms with Crippen LogP contribution in [0.15, 0.2) is 0 Å². The van der Waals surface area contributed by atoms with Gasteiger partial charge in [0.25, 0.3) is 0 Å². The van der Waals surface area contributed by atoms with Crippen LogP contribution in [0.2, 0.25) is 0 Å². The summed E-state index contributed by atoms with van der Waals surface area (Å²) in [5.74, 6) is -0.173. The molecular weight excluding hydrogens is 204 g/mol. The number of hydrogen-bond donors (Lipinski definition) is 1. The molecular formula is C12H24N2O2. The van der Waals surface area contributed by atoms with Gasteiger partial charge in [-0.3, -0.25) is 4.79 Å². The summed E-state index contributed by atoms with van der Waals surface area (Å²) in [4.78, 5) is 13.8. The molecule has 1 unspecified atom stereocenters. The smallest absolute Gasteiger partial charge is 0.320 e. The second-order valence-corrected chi connectivity index (χ2v) is 5.49. The largest absolute Gasteiger partial charge is 0.459 e. The molecule has 0 aromatic rings. The summed E-state index contributed by atoms with van der Waals surface area (Å²) in [5, 5.41) is 3.16. The zero-order valence-corrected chi connectivity index (χ0v) is 10.9. The quantitative estimate of drug-likeness (QED) is 0.729. The van der Waals surface area contributed by atoms with E-state index in [1.165, 1.54) is 19.4 Å². The molecule has 1 N–H and O–H groups in total. The van der Waals surface area contributed by atoms with E-state index in [1.807, 2.05) is 20.8 Å². The van der Waals surface area contributed by atoms with Crippen LogP contribution in [0.25, 0.3) is 0 Å². The lowest BCUT2D eigenvalue weighted by Gasteiger charge is -2.21. The zero-order valence-electron chi connectivity index (χ0n) is 10.9. The van der Waals surface area contributed by atoms with E-state index in [1.54, 1.807) is 0 Å². The minimum Gasteiger partial charge on any atom is -0.459 e. The summed E-state index contributed by atoms with van der Waals surface area (Å²) < 4.78 is 5.21. The Labute approximate surface area is 98.3 Å². The SMILES string of the molecule is CN1CCCC1CNCC(=O)OC(C)(C)C. The molecule has 1 saturated heterocycles. The molecule has 4 nitrogen and oxygen atoms in total. The van der Waals surface area contributed by atoms with Gasteiger partial charge in [0.05, 0.1) is 6.54 Å². The summed E-state index contributed by atoms with van der Waals surface area (Å²) in [6, 6.07) is 0.572. The highest BCUT2D eigenvalue weighted by Crippen LogP contribution is 2.13. The molecule has 1 atom stereocenters. The van der Waals surface area contributed by atoms with Crippen molar-refractivity contribution in [2.75, 3.05) is 26.7 Å². The van der Waals surface area contributed by atoms with Crippen molar-refractivity contribution in [2.24, 2.45) is 0 Å². The van der Waals surface area contributed by atoms with Crippen molar-refractivity contribution in [1.29, 1.82) is 0 Å². The van der Waals surface area contributed by atoms with Crippen LogP contribution in [0.4, 0.5) is 0 Å². The third-order valence-corrected chi connectivity index (χ3v) is 2.74. The normalized spacial score (nSPS) is 22.4. The number of nitrogens with one attached hydrogen (secondary N) is 1. The van der Waals surface area contributed by atoms with E-state index < -0.39 is 0 Å². The van der Waals surface area contributed by atoms with Crippen molar-refractivity contribution in [1.82, 2.24) is 10.2 Å². The van der Waals surface area contributed by atoms with E-state index in [0.29, 0.717) is 12.6 Å². The van der Waals surface area contributed by atoms with Gasteiger partial charge in [0, 0.05) is 12.6 Å². The first kappa shape index (κ1) is 13.5. The molecule has 1 rings (SSSR count). The minimum absolute atomic E-state index is 0.173. The van der Waals surface area contributed by atoms with E-state index in [2.05, 4.69) is 17.3 Å². The molecule has 0 aromatic heterocycles. The molecule has 0 spiro atoms. The number of nitrogens with zero attached hydrogens (tertiary/aromatic N) is 1. The Hall–Kier alpha value is -0.610. The van der Waals surface area contributed by atoms with Crippen molar-refractivity contribution >= 4 is 5.97 Å². The summed E-state index contributed by atoms with van der Waals surface area (Å²) in [6.45, 7) is 8.00. The molecule has 0 amide bonds. The Balaban J connectivity index is 2.13. The van der Waals surface area contributed by atoms with Gasteiger partial charge in [0.15, 0.2) is 0 Å². The molecule has 0 bridgehead atoms. The van der Waals surface area contributed by atoms with Gasteiger partial charge in [0.1, 0.15) is 5.60 Å². The first-order valence-electron chi connectivity index (χ1n) is 6.01. The Kier molecular flexibility index (Phi) is 4.74. The maximum Gasteiger partial charge on any atom is 0.320 e. The maximum absolute atomic E-state index is 11.4. The lowest BCUT2D eigenvalue weighted by molar-refractivity contribution is -0.153. The molecule has 0 saturated carbocycles. The van der Waals surface area contributed by atoms with Crippen molar-refractivity contribution in [3.05, 3.63) is 0 Å². The summed E-state index contributed by atoms with van der Waals surface area (Å²) >= 11 is 0. The fourth-order valence-electron chi connectivity index (χ4n) is 1.96. The number of likely N-dealkylation sites (tertiary alicyclic amines) is 1. The summed E-state index contributed by atoms with van der Waals surface area (Å²) in [5.41, 5.74) is -0.386. The van der Waals surface area contributed by atoms with E-state index in [4.69, 9.17) is 4.74 Å². The molecule has 0 radical (unpaired) electrons. The third kappa shape index (κ3) is 4.94. The average molecular weight is 228 g/mol. The predicted molar refractivity (Wildman–Crippen MR) is 64.4 cm³/mol. The number of hydrogen-bond acceptors (Lipinski definition) is 4. The highest BCUT2D eigenvalue weighted by Gasteiger charge is 2.21. The fourth-order valence-corrected chi connectivity index (χ4v) is 1.96. The second kappa shape index (κ2) is 5.64. The summed E-state index contributed by atoms with van der Waals surface area (Å²) in [7, 11) is 2.13. The number of ether oxygens (including phenoxy) is 1. The van der Waals surface area contributed by atoms with Crippen molar-refractivity contribution < 1.29 is 9.53 Å². The second-order valence-electron chi connectivity index (χ2n) is 5.49. The Bertz CT molecular complexity index is 236. The lowest BCUT2D eigenvalue weighted by Crippen LogP contribution is -2.39. The predicted octanol–water partition coefficient (Wildman–Crippen LogP) is 1.01. The van der Waals surface area contributed by atoms with Crippen LogP contribution in [-0.2, 0) is 9.53 Å². The average Bonchev–Trinajstić information content (AvgIpc) is 2.48. The molecule has 1 heterocycles. The van der Waals surface area contributed by atoms with E-state index in [0.717, 1.165) is 6.54 Å². The Morgan fingerprint density at radius 1 is 1.50 bits per heavy atom. The zero-order chi connectivity index (χ0) is 12.2. The third-order valence-electron chi connectivity index (χ3n) is 2.74. The van der Waals surface area contributed by atoms with Gasteiger partial charge in [0.2, 0.25) is 0 Å².